The van der Waals surface area contributed by atoms with Gasteiger partial charge < -0.3 is 9.47 Å². The molecule has 0 aliphatic heterocycles. The van der Waals surface area contributed by atoms with Crippen LogP contribution in [-0.2, 0) is 0 Å². The zero-order valence-electron chi connectivity index (χ0n) is 8.19. The normalized spacial score (nSPS) is 11.8. The van der Waals surface area contributed by atoms with Gasteiger partial charge in [-0.2, -0.15) is 4.98 Å². The standard InChI is InChI=1S/C8H5ClF5NO2/c1-16-4-2-3(9)5(6(10)11)7(15-4)17-8(12,13)14/h2,6H,1H3. The average molecular weight is 278 g/mol. The maximum absolute atomic E-state index is 12.5. The molecule has 0 aromatic carbocycles. The summed E-state index contributed by atoms with van der Waals surface area (Å²) in [7, 11) is 1.10. The van der Waals surface area contributed by atoms with Crippen molar-refractivity contribution in [3.8, 4) is 11.8 Å². The number of pyridine rings is 1. The van der Waals surface area contributed by atoms with Gasteiger partial charge in [-0.1, -0.05) is 11.6 Å². The first kappa shape index (κ1) is 13.8. The van der Waals surface area contributed by atoms with Gasteiger partial charge in [-0.15, -0.1) is 13.2 Å². The number of hydrogen-bond acceptors (Lipinski definition) is 3. The van der Waals surface area contributed by atoms with E-state index in [-0.39, 0.29) is 5.88 Å². The van der Waals surface area contributed by atoms with Crippen molar-refractivity contribution in [1.82, 2.24) is 4.98 Å². The molecule has 0 atom stereocenters. The van der Waals surface area contributed by atoms with Gasteiger partial charge in [0.1, 0.15) is 0 Å². The summed E-state index contributed by atoms with van der Waals surface area (Å²) in [5.41, 5.74) is -1.13. The Labute approximate surface area is 97.1 Å². The van der Waals surface area contributed by atoms with E-state index >= 15 is 0 Å². The lowest BCUT2D eigenvalue weighted by molar-refractivity contribution is -0.276. The molecule has 17 heavy (non-hydrogen) atoms. The zero-order valence-corrected chi connectivity index (χ0v) is 8.94. The molecule has 0 radical (unpaired) electrons. The lowest BCUT2D eigenvalue weighted by Gasteiger charge is -2.13. The number of alkyl halides is 5. The summed E-state index contributed by atoms with van der Waals surface area (Å²) in [6, 6.07) is 0.867. The molecule has 0 saturated heterocycles. The molecule has 0 spiro atoms. The van der Waals surface area contributed by atoms with Crippen molar-refractivity contribution in [2.45, 2.75) is 12.8 Å². The third kappa shape index (κ3) is 3.58. The Morgan fingerprint density at radius 3 is 2.35 bits per heavy atom. The summed E-state index contributed by atoms with van der Waals surface area (Å²) in [5, 5.41) is -0.619. The van der Waals surface area contributed by atoms with E-state index in [1.54, 1.807) is 0 Å². The molecule has 0 aliphatic rings. The fourth-order valence-electron chi connectivity index (χ4n) is 0.970. The molecule has 9 heteroatoms. The first-order chi connectivity index (χ1) is 7.74. The van der Waals surface area contributed by atoms with Crippen LogP contribution in [0.2, 0.25) is 5.02 Å². The number of ether oxygens (including phenoxy) is 2. The minimum absolute atomic E-state index is 0.362. The fraction of sp³-hybridized carbons (Fsp3) is 0.375. The van der Waals surface area contributed by atoms with Crippen LogP contribution in [0.5, 0.6) is 11.8 Å². The van der Waals surface area contributed by atoms with Gasteiger partial charge in [-0.25, -0.2) is 8.78 Å². The smallest absolute Gasteiger partial charge is 0.481 e. The largest absolute Gasteiger partial charge is 0.574 e. The van der Waals surface area contributed by atoms with Crippen LogP contribution < -0.4 is 9.47 Å². The highest BCUT2D eigenvalue weighted by Gasteiger charge is 2.35. The molecule has 1 aromatic heterocycles. The molecule has 0 saturated carbocycles. The number of halogens is 6. The van der Waals surface area contributed by atoms with Gasteiger partial charge in [0, 0.05) is 6.07 Å². The Kier molecular flexibility index (Phi) is 3.97. The van der Waals surface area contributed by atoms with E-state index < -0.39 is 29.3 Å². The highest BCUT2D eigenvalue weighted by molar-refractivity contribution is 6.31. The van der Waals surface area contributed by atoms with Gasteiger partial charge in [0.05, 0.1) is 17.7 Å². The van der Waals surface area contributed by atoms with Gasteiger partial charge in [0.15, 0.2) is 0 Å². The molecular weight excluding hydrogens is 273 g/mol. The third-order valence-electron chi connectivity index (χ3n) is 1.59. The highest BCUT2D eigenvalue weighted by atomic mass is 35.5. The van der Waals surface area contributed by atoms with Gasteiger partial charge in [0.2, 0.25) is 11.8 Å². The van der Waals surface area contributed by atoms with Gasteiger partial charge in [-0.3, -0.25) is 0 Å². The molecule has 0 fully saturated rings. The summed E-state index contributed by atoms with van der Waals surface area (Å²) < 4.78 is 68.7. The van der Waals surface area contributed by atoms with Crippen LogP contribution in [0, 0.1) is 0 Å². The second-order valence-electron chi connectivity index (χ2n) is 2.71. The van der Waals surface area contributed by atoms with Crippen LogP contribution >= 0.6 is 11.6 Å². The van der Waals surface area contributed by atoms with Crippen molar-refractivity contribution in [2.75, 3.05) is 7.11 Å². The summed E-state index contributed by atoms with van der Waals surface area (Å²) in [4.78, 5) is 3.13. The van der Waals surface area contributed by atoms with Crippen LogP contribution in [0.3, 0.4) is 0 Å². The molecule has 0 bridgehead atoms. The number of aromatic nitrogens is 1. The Balaban J connectivity index is 3.27. The minimum Gasteiger partial charge on any atom is -0.481 e. The molecule has 1 aromatic rings. The summed E-state index contributed by atoms with van der Waals surface area (Å²) in [6.45, 7) is 0. The Morgan fingerprint density at radius 2 is 1.94 bits per heavy atom. The van der Waals surface area contributed by atoms with E-state index in [0.29, 0.717) is 0 Å². The van der Waals surface area contributed by atoms with E-state index in [0.717, 1.165) is 13.2 Å². The number of hydrogen-bond donors (Lipinski definition) is 0. The van der Waals surface area contributed by atoms with Crippen molar-refractivity contribution in [2.24, 2.45) is 0 Å². The predicted molar refractivity (Wildman–Crippen MR) is 47.4 cm³/mol. The number of rotatable bonds is 3. The van der Waals surface area contributed by atoms with Gasteiger partial charge >= 0.3 is 6.36 Å². The average Bonchev–Trinajstić information content (AvgIpc) is 2.13. The molecular formula is C8H5ClF5NO2. The Bertz CT molecular complexity index is 410. The summed E-state index contributed by atoms with van der Waals surface area (Å²) in [6.07, 6.45) is -8.40. The second kappa shape index (κ2) is 4.91. The van der Waals surface area contributed by atoms with Crippen molar-refractivity contribution < 1.29 is 31.4 Å². The van der Waals surface area contributed by atoms with Crippen LogP contribution in [0.1, 0.15) is 12.0 Å². The zero-order chi connectivity index (χ0) is 13.2. The van der Waals surface area contributed by atoms with Gasteiger partial charge in [0.25, 0.3) is 6.43 Å². The first-order valence-electron chi connectivity index (χ1n) is 4.03. The van der Waals surface area contributed by atoms with E-state index in [2.05, 4.69) is 14.5 Å². The third-order valence-corrected chi connectivity index (χ3v) is 1.90. The molecule has 0 unspecified atom stereocenters. The summed E-state index contributed by atoms with van der Waals surface area (Å²) >= 11 is 5.39. The van der Waals surface area contributed by atoms with Crippen molar-refractivity contribution >= 4 is 11.6 Å². The van der Waals surface area contributed by atoms with Crippen molar-refractivity contribution in [3.63, 3.8) is 0 Å². The quantitative estimate of drug-likeness (QED) is 0.791. The SMILES string of the molecule is COc1cc(Cl)c(C(F)F)c(OC(F)(F)F)n1. The number of methoxy groups -OCH3 is 1. The minimum atomic E-state index is -5.15. The maximum Gasteiger partial charge on any atom is 0.574 e. The maximum atomic E-state index is 12.5. The van der Waals surface area contributed by atoms with E-state index in [1.165, 1.54) is 0 Å². The van der Waals surface area contributed by atoms with Crippen LogP contribution in [0.15, 0.2) is 6.07 Å². The topological polar surface area (TPSA) is 31.4 Å². The van der Waals surface area contributed by atoms with Crippen LogP contribution in [0.4, 0.5) is 22.0 Å². The predicted octanol–water partition coefficient (Wildman–Crippen LogP) is 3.58. The fourth-order valence-corrected chi connectivity index (χ4v) is 1.23. The summed E-state index contributed by atoms with van der Waals surface area (Å²) in [5.74, 6) is -1.68. The second-order valence-corrected chi connectivity index (χ2v) is 3.12. The first-order valence-corrected chi connectivity index (χ1v) is 4.40. The van der Waals surface area contributed by atoms with Crippen molar-refractivity contribution in [1.29, 1.82) is 0 Å². The Morgan fingerprint density at radius 1 is 1.35 bits per heavy atom. The van der Waals surface area contributed by atoms with E-state index in [4.69, 9.17) is 11.6 Å². The number of nitrogens with zero attached hydrogens (tertiary/aromatic N) is 1. The molecule has 0 amide bonds. The van der Waals surface area contributed by atoms with Crippen LogP contribution in [0.25, 0.3) is 0 Å². The molecule has 1 heterocycles. The molecule has 96 valence electrons. The molecule has 0 N–H and O–H groups in total. The van der Waals surface area contributed by atoms with Crippen LogP contribution in [-0.4, -0.2) is 18.5 Å². The highest BCUT2D eigenvalue weighted by Crippen LogP contribution is 2.38. The monoisotopic (exact) mass is 277 g/mol. The molecule has 0 aliphatic carbocycles. The van der Waals surface area contributed by atoms with Crippen molar-refractivity contribution in [3.05, 3.63) is 16.7 Å². The lowest BCUT2D eigenvalue weighted by atomic mass is 10.3. The van der Waals surface area contributed by atoms with E-state index in [9.17, 15) is 22.0 Å². The molecule has 1 rings (SSSR count). The molecule has 3 nitrogen and oxygen atoms in total. The lowest BCUT2D eigenvalue weighted by Crippen LogP contribution is -2.19. The Hall–Kier alpha value is -1.31. The van der Waals surface area contributed by atoms with E-state index in [1.807, 2.05) is 0 Å². The van der Waals surface area contributed by atoms with Gasteiger partial charge in [-0.05, 0) is 0 Å².